The van der Waals surface area contributed by atoms with E-state index in [2.05, 4.69) is 12.2 Å². The fourth-order valence-electron chi connectivity index (χ4n) is 1.47. The highest BCUT2D eigenvalue weighted by Crippen LogP contribution is 2.26. The maximum Gasteiger partial charge on any atom is 0.316 e. The first-order valence-corrected chi connectivity index (χ1v) is 7.21. The molecule has 0 fully saturated rings. The van der Waals surface area contributed by atoms with E-state index in [1.165, 1.54) is 11.8 Å². The molecule has 104 valence electrons. The SMILES string of the molecule is CCCCNC(=O)c1ccccc1SC(C)C(=O)O. The molecule has 0 aromatic heterocycles. The van der Waals surface area contributed by atoms with Crippen LogP contribution < -0.4 is 5.32 Å². The third kappa shape index (κ3) is 4.95. The molecule has 0 radical (unpaired) electrons. The van der Waals surface area contributed by atoms with E-state index >= 15 is 0 Å². The molecule has 0 saturated carbocycles. The number of carbonyl (C=O) groups is 2. The number of carbonyl (C=O) groups excluding carboxylic acids is 1. The predicted molar refractivity (Wildman–Crippen MR) is 76.6 cm³/mol. The van der Waals surface area contributed by atoms with Crippen LogP contribution in [0.4, 0.5) is 0 Å². The molecule has 1 aromatic carbocycles. The van der Waals surface area contributed by atoms with Crippen molar-refractivity contribution in [3.05, 3.63) is 29.8 Å². The minimum atomic E-state index is -0.883. The molecule has 1 atom stereocenters. The number of nitrogens with one attached hydrogen (secondary N) is 1. The van der Waals surface area contributed by atoms with Gasteiger partial charge in [0.15, 0.2) is 0 Å². The second kappa shape index (κ2) is 7.84. The van der Waals surface area contributed by atoms with Gasteiger partial charge in [-0.15, -0.1) is 11.8 Å². The number of carboxylic acid groups (broad SMARTS) is 1. The number of benzene rings is 1. The first-order chi connectivity index (χ1) is 9.06. The van der Waals surface area contributed by atoms with Crippen molar-refractivity contribution < 1.29 is 14.7 Å². The van der Waals surface area contributed by atoms with Crippen molar-refractivity contribution in [2.24, 2.45) is 0 Å². The van der Waals surface area contributed by atoms with Crippen molar-refractivity contribution in [3.63, 3.8) is 0 Å². The van der Waals surface area contributed by atoms with E-state index in [0.29, 0.717) is 17.0 Å². The van der Waals surface area contributed by atoms with E-state index in [-0.39, 0.29) is 5.91 Å². The van der Waals surface area contributed by atoms with E-state index in [4.69, 9.17) is 5.11 Å². The summed E-state index contributed by atoms with van der Waals surface area (Å²) in [6, 6.07) is 7.08. The second-order valence-electron chi connectivity index (χ2n) is 4.20. The van der Waals surface area contributed by atoms with Gasteiger partial charge < -0.3 is 10.4 Å². The molecule has 1 unspecified atom stereocenters. The monoisotopic (exact) mass is 281 g/mol. The van der Waals surface area contributed by atoms with Gasteiger partial charge in [0.05, 0.1) is 5.56 Å². The van der Waals surface area contributed by atoms with Crippen LogP contribution in [0.5, 0.6) is 0 Å². The maximum atomic E-state index is 12.0. The van der Waals surface area contributed by atoms with Crippen molar-refractivity contribution in [1.82, 2.24) is 5.32 Å². The molecule has 0 aliphatic heterocycles. The van der Waals surface area contributed by atoms with E-state index in [1.54, 1.807) is 31.2 Å². The van der Waals surface area contributed by atoms with Gasteiger partial charge in [0.2, 0.25) is 0 Å². The van der Waals surface area contributed by atoms with E-state index in [0.717, 1.165) is 12.8 Å². The van der Waals surface area contributed by atoms with Crippen molar-refractivity contribution in [1.29, 1.82) is 0 Å². The zero-order chi connectivity index (χ0) is 14.3. The van der Waals surface area contributed by atoms with Gasteiger partial charge in [-0.05, 0) is 25.5 Å². The highest BCUT2D eigenvalue weighted by atomic mass is 32.2. The van der Waals surface area contributed by atoms with Gasteiger partial charge in [-0.1, -0.05) is 25.5 Å². The molecule has 19 heavy (non-hydrogen) atoms. The van der Waals surface area contributed by atoms with Crippen LogP contribution >= 0.6 is 11.8 Å². The number of aliphatic carboxylic acids is 1. The number of carboxylic acids is 1. The van der Waals surface area contributed by atoms with Gasteiger partial charge in [-0.25, -0.2) is 0 Å². The maximum absolute atomic E-state index is 12.0. The van der Waals surface area contributed by atoms with Gasteiger partial charge in [0.25, 0.3) is 5.91 Å². The average Bonchev–Trinajstić information content (AvgIpc) is 2.39. The van der Waals surface area contributed by atoms with Gasteiger partial charge in [-0.3, -0.25) is 9.59 Å². The lowest BCUT2D eigenvalue weighted by molar-refractivity contribution is -0.136. The molecular formula is C14H19NO3S. The summed E-state index contributed by atoms with van der Waals surface area (Å²) in [4.78, 5) is 23.6. The third-order valence-electron chi connectivity index (χ3n) is 2.60. The molecule has 1 rings (SSSR count). The highest BCUT2D eigenvalue weighted by molar-refractivity contribution is 8.00. The van der Waals surface area contributed by atoms with Crippen LogP contribution in [0.15, 0.2) is 29.2 Å². The Kier molecular flexibility index (Phi) is 6.42. The fourth-order valence-corrected chi connectivity index (χ4v) is 2.40. The summed E-state index contributed by atoms with van der Waals surface area (Å²) < 4.78 is 0. The van der Waals surface area contributed by atoms with Crippen LogP contribution in [-0.4, -0.2) is 28.8 Å². The lowest BCUT2D eigenvalue weighted by Gasteiger charge is -2.11. The van der Waals surface area contributed by atoms with Gasteiger partial charge in [-0.2, -0.15) is 0 Å². The fraction of sp³-hybridized carbons (Fsp3) is 0.429. The number of unbranched alkanes of at least 4 members (excludes halogenated alkanes) is 1. The van der Waals surface area contributed by atoms with Gasteiger partial charge >= 0.3 is 5.97 Å². The summed E-state index contributed by atoms with van der Waals surface area (Å²) in [5.41, 5.74) is 0.539. The molecule has 0 aliphatic carbocycles. The Balaban J connectivity index is 2.77. The molecule has 4 nitrogen and oxygen atoms in total. The smallest absolute Gasteiger partial charge is 0.316 e. The average molecular weight is 281 g/mol. The first kappa shape index (κ1) is 15.6. The Morgan fingerprint density at radius 1 is 1.37 bits per heavy atom. The zero-order valence-corrected chi connectivity index (χ0v) is 12.0. The molecule has 0 aliphatic rings. The lowest BCUT2D eigenvalue weighted by Crippen LogP contribution is -2.25. The second-order valence-corrected chi connectivity index (χ2v) is 5.59. The van der Waals surface area contributed by atoms with Crippen LogP contribution in [0.25, 0.3) is 0 Å². The molecule has 1 amide bonds. The Hall–Kier alpha value is -1.49. The number of thioether (sulfide) groups is 1. The Bertz CT molecular complexity index is 448. The minimum absolute atomic E-state index is 0.144. The van der Waals surface area contributed by atoms with Crippen LogP contribution in [0, 0.1) is 0 Å². The summed E-state index contributed by atoms with van der Waals surface area (Å²) >= 11 is 1.19. The van der Waals surface area contributed by atoms with Gasteiger partial charge in [0.1, 0.15) is 5.25 Å². The normalized spacial score (nSPS) is 11.9. The molecule has 0 heterocycles. The van der Waals surface area contributed by atoms with Crippen molar-refractivity contribution in [3.8, 4) is 0 Å². The van der Waals surface area contributed by atoms with Crippen LogP contribution in [0.3, 0.4) is 0 Å². The molecule has 5 heteroatoms. The van der Waals surface area contributed by atoms with Crippen molar-refractivity contribution in [2.75, 3.05) is 6.54 Å². The molecule has 0 bridgehead atoms. The Morgan fingerprint density at radius 2 is 2.05 bits per heavy atom. The summed E-state index contributed by atoms with van der Waals surface area (Å²) in [6.45, 7) is 4.31. The quantitative estimate of drug-likeness (QED) is 0.596. The number of hydrogen-bond acceptors (Lipinski definition) is 3. The molecular weight excluding hydrogens is 262 g/mol. The van der Waals surface area contributed by atoms with Crippen LogP contribution in [0.1, 0.15) is 37.0 Å². The molecule has 2 N–H and O–H groups in total. The van der Waals surface area contributed by atoms with Gasteiger partial charge in [0, 0.05) is 11.4 Å². The minimum Gasteiger partial charge on any atom is -0.480 e. The highest BCUT2D eigenvalue weighted by Gasteiger charge is 2.17. The van der Waals surface area contributed by atoms with Crippen LogP contribution in [0.2, 0.25) is 0 Å². The lowest BCUT2D eigenvalue weighted by atomic mass is 10.2. The number of hydrogen-bond donors (Lipinski definition) is 2. The first-order valence-electron chi connectivity index (χ1n) is 6.33. The van der Waals surface area contributed by atoms with Crippen molar-refractivity contribution in [2.45, 2.75) is 36.8 Å². The topological polar surface area (TPSA) is 66.4 Å². The molecule has 0 saturated heterocycles. The Morgan fingerprint density at radius 3 is 2.68 bits per heavy atom. The molecule has 1 aromatic rings. The number of amides is 1. The summed E-state index contributed by atoms with van der Waals surface area (Å²) in [5, 5.41) is 11.2. The van der Waals surface area contributed by atoms with Crippen molar-refractivity contribution >= 4 is 23.6 Å². The van der Waals surface area contributed by atoms with E-state index in [1.807, 2.05) is 0 Å². The zero-order valence-electron chi connectivity index (χ0n) is 11.2. The third-order valence-corrected chi connectivity index (χ3v) is 3.76. The van der Waals surface area contributed by atoms with E-state index < -0.39 is 11.2 Å². The Labute approximate surface area is 117 Å². The predicted octanol–water partition coefficient (Wildman–Crippen LogP) is 2.78. The molecule has 0 spiro atoms. The summed E-state index contributed by atoms with van der Waals surface area (Å²) in [5.74, 6) is -1.03. The number of rotatable bonds is 7. The van der Waals surface area contributed by atoms with E-state index in [9.17, 15) is 9.59 Å². The largest absolute Gasteiger partial charge is 0.480 e. The van der Waals surface area contributed by atoms with Crippen LogP contribution in [-0.2, 0) is 4.79 Å². The summed E-state index contributed by atoms with van der Waals surface area (Å²) in [6.07, 6.45) is 1.96. The standard InChI is InChI=1S/C14H19NO3S/c1-3-4-9-15-13(16)11-7-5-6-8-12(11)19-10(2)14(17)18/h5-8,10H,3-4,9H2,1-2H3,(H,15,16)(H,17,18). The summed E-state index contributed by atoms with van der Waals surface area (Å²) in [7, 11) is 0.